The maximum absolute atomic E-state index is 12.8. The maximum atomic E-state index is 12.8. The molecule has 0 spiro atoms. The van der Waals surface area contributed by atoms with E-state index in [1.54, 1.807) is 12.1 Å². The Bertz CT molecular complexity index is 345. The molecule has 0 aromatic heterocycles. The Balaban J connectivity index is 2.19. The molecule has 2 rings (SSSR count). The van der Waals surface area contributed by atoms with E-state index >= 15 is 0 Å². The Morgan fingerprint density at radius 2 is 1.56 bits per heavy atom. The molecule has 0 nitrogen and oxygen atoms in total. The molecule has 0 amide bonds. The lowest BCUT2D eigenvalue weighted by Crippen LogP contribution is -2.42. The third kappa shape index (κ3) is 2.61. The lowest BCUT2D eigenvalue weighted by atomic mass is 10.0. The number of benzene rings is 1. The van der Waals surface area contributed by atoms with Gasteiger partial charge < -0.3 is 0 Å². The molecule has 0 radical (unpaired) electrons. The van der Waals surface area contributed by atoms with Crippen LogP contribution in [0, 0.1) is 5.82 Å². The van der Waals surface area contributed by atoms with Crippen LogP contribution in [0.5, 0.6) is 0 Å². The van der Waals surface area contributed by atoms with Crippen LogP contribution in [0.15, 0.2) is 24.3 Å². The van der Waals surface area contributed by atoms with Crippen molar-refractivity contribution in [1.29, 1.82) is 0 Å². The summed E-state index contributed by atoms with van der Waals surface area (Å²) in [4.78, 5) is 0. The molecule has 16 heavy (non-hydrogen) atoms. The van der Waals surface area contributed by atoms with E-state index in [9.17, 15) is 4.39 Å². The van der Waals surface area contributed by atoms with Gasteiger partial charge >= 0.3 is 0 Å². The minimum absolute atomic E-state index is 0.231. The Labute approximate surface area is 106 Å². The van der Waals surface area contributed by atoms with Crippen molar-refractivity contribution in [3.8, 4) is 0 Å². The molecule has 0 unspecified atom stereocenters. The first-order valence-electron chi connectivity index (χ1n) is 5.74. The third-order valence-corrected chi connectivity index (χ3v) is 9.21. The van der Waals surface area contributed by atoms with Gasteiger partial charge in [0.05, 0.1) is 0 Å². The van der Waals surface area contributed by atoms with Crippen LogP contribution < -0.4 is 5.19 Å². The van der Waals surface area contributed by atoms with Crippen molar-refractivity contribution in [1.82, 2.24) is 0 Å². The average molecular weight is 277 g/mol. The standard InChI is InChI=1S/C12H15Cl2FSi/c13-16(14,11-4-2-1-3-5-11)12-8-6-10(15)7-9-12/h6-9,11H,1-5H2. The van der Waals surface area contributed by atoms with Gasteiger partial charge in [-0.25, -0.2) is 4.39 Å². The summed E-state index contributed by atoms with van der Waals surface area (Å²) in [7, 11) is 0. The lowest BCUT2D eigenvalue weighted by molar-refractivity contribution is 0.499. The van der Waals surface area contributed by atoms with Crippen molar-refractivity contribution >= 4 is 34.0 Å². The van der Waals surface area contributed by atoms with Crippen LogP contribution in [0.25, 0.3) is 0 Å². The predicted molar refractivity (Wildman–Crippen MR) is 70.3 cm³/mol. The van der Waals surface area contributed by atoms with Gasteiger partial charge in [0.25, 0.3) is 6.69 Å². The van der Waals surface area contributed by atoms with E-state index in [0.717, 1.165) is 18.0 Å². The van der Waals surface area contributed by atoms with E-state index < -0.39 is 6.69 Å². The number of halogens is 3. The minimum Gasteiger partial charge on any atom is -0.207 e. The van der Waals surface area contributed by atoms with Crippen LogP contribution >= 0.6 is 22.2 Å². The number of hydrogen-bond acceptors (Lipinski definition) is 0. The first kappa shape index (κ1) is 12.4. The zero-order chi connectivity index (χ0) is 11.6. The second kappa shape index (κ2) is 5.07. The van der Waals surface area contributed by atoms with Crippen molar-refractivity contribution in [2.24, 2.45) is 0 Å². The monoisotopic (exact) mass is 276 g/mol. The highest BCUT2D eigenvalue weighted by atomic mass is 35.7. The Kier molecular flexibility index (Phi) is 3.93. The summed E-state index contributed by atoms with van der Waals surface area (Å²) in [5, 5.41) is 0.948. The maximum Gasteiger partial charge on any atom is 0.283 e. The van der Waals surface area contributed by atoms with Gasteiger partial charge in [-0.3, -0.25) is 0 Å². The molecule has 88 valence electrons. The summed E-state index contributed by atoms with van der Waals surface area (Å²) < 4.78 is 12.8. The van der Waals surface area contributed by atoms with Crippen LogP contribution in [-0.4, -0.2) is 6.69 Å². The highest BCUT2D eigenvalue weighted by Crippen LogP contribution is 2.41. The van der Waals surface area contributed by atoms with Gasteiger partial charge in [0.2, 0.25) is 0 Å². The molecule has 0 saturated heterocycles. The van der Waals surface area contributed by atoms with Crippen molar-refractivity contribution in [2.75, 3.05) is 0 Å². The molecule has 1 saturated carbocycles. The topological polar surface area (TPSA) is 0 Å². The zero-order valence-corrected chi connectivity index (χ0v) is 11.6. The van der Waals surface area contributed by atoms with Crippen LogP contribution in [0.2, 0.25) is 5.54 Å². The van der Waals surface area contributed by atoms with Gasteiger partial charge in [0, 0.05) is 0 Å². The van der Waals surface area contributed by atoms with Gasteiger partial charge in [-0.05, 0) is 22.9 Å². The van der Waals surface area contributed by atoms with Gasteiger partial charge in [0.1, 0.15) is 5.82 Å². The fourth-order valence-electron chi connectivity index (χ4n) is 2.37. The Morgan fingerprint density at radius 1 is 1.00 bits per heavy atom. The van der Waals surface area contributed by atoms with E-state index in [-0.39, 0.29) is 5.82 Å². The predicted octanol–water partition coefficient (Wildman–Crippen LogP) is 4.29. The second-order valence-corrected chi connectivity index (χ2v) is 11.3. The molecule has 1 fully saturated rings. The number of rotatable bonds is 2. The molecular formula is C12H15Cl2FSi. The Hall–Kier alpha value is -0.0531. The first-order chi connectivity index (χ1) is 7.60. The smallest absolute Gasteiger partial charge is 0.207 e. The van der Waals surface area contributed by atoms with Crippen LogP contribution in [0.4, 0.5) is 4.39 Å². The SMILES string of the molecule is Fc1ccc([Si](Cl)(Cl)C2CCCCC2)cc1. The van der Waals surface area contributed by atoms with E-state index in [1.165, 1.54) is 31.4 Å². The molecule has 1 aromatic rings. The lowest BCUT2D eigenvalue weighted by Gasteiger charge is -2.31. The molecule has 1 aliphatic carbocycles. The summed E-state index contributed by atoms with van der Waals surface area (Å²) in [5.74, 6) is -0.231. The minimum atomic E-state index is -2.42. The molecule has 1 aliphatic rings. The molecular weight excluding hydrogens is 262 g/mol. The van der Waals surface area contributed by atoms with E-state index in [1.807, 2.05) is 0 Å². The fourth-order valence-corrected chi connectivity index (χ4v) is 6.65. The van der Waals surface area contributed by atoms with Gasteiger partial charge in [-0.15, -0.1) is 22.2 Å². The zero-order valence-electron chi connectivity index (χ0n) is 9.06. The van der Waals surface area contributed by atoms with E-state index in [2.05, 4.69) is 0 Å². The molecule has 1 aromatic carbocycles. The molecule has 0 N–H and O–H groups in total. The molecule has 0 bridgehead atoms. The second-order valence-electron chi connectivity index (χ2n) is 4.46. The highest BCUT2D eigenvalue weighted by molar-refractivity contribution is 7.51. The average Bonchev–Trinajstić information content (AvgIpc) is 2.31. The molecule has 0 aliphatic heterocycles. The Morgan fingerprint density at radius 3 is 2.12 bits per heavy atom. The summed E-state index contributed by atoms with van der Waals surface area (Å²) >= 11 is 13.1. The highest BCUT2D eigenvalue weighted by Gasteiger charge is 2.40. The van der Waals surface area contributed by atoms with Gasteiger partial charge in [-0.1, -0.05) is 44.2 Å². The third-order valence-electron chi connectivity index (χ3n) is 3.35. The summed E-state index contributed by atoms with van der Waals surface area (Å²) in [5.41, 5.74) is 0.426. The van der Waals surface area contributed by atoms with Crippen molar-refractivity contribution in [3.05, 3.63) is 30.1 Å². The summed E-state index contributed by atoms with van der Waals surface area (Å²) in [6.45, 7) is -2.42. The van der Waals surface area contributed by atoms with Crippen LogP contribution in [0.1, 0.15) is 32.1 Å². The normalized spacial score (nSPS) is 18.7. The van der Waals surface area contributed by atoms with Gasteiger partial charge in [-0.2, -0.15) is 0 Å². The quantitative estimate of drug-likeness (QED) is 0.559. The van der Waals surface area contributed by atoms with Crippen molar-refractivity contribution in [2.45, 2.75) is 37.6 Å². The summed E-state index contributed by atoms with van der Waals surface area (Å²) in [6, 6.07) is 6.39. The van der Waals surface area contributed by atoms with Crippen LogP contribution in [0.3, 0.4) is 0 Å². The van der Waals surface area contributed by atoms with Crippen molar-refractivity contribution in [3.63, 3.8) is 0 Å². The van der Waals surface area contributed by atoms with E-state index in [0.29, 0.717) is 5.54 Å². The van der Waals surface area contributed by atoms with Gasteiger partial charge in [0.15, 0.2) is 0 Å². The first-order valence-corrected chi connectivity index (χ1v) is 9.84. The number of hydrogen-bond donors (Lipinski definition) is 0. The molecule has 4 heteroatoms. The van der Waals surface area contributed by atoms with E-state index in [4.69, 9.17) is 22.2 Å². The molecule has 0 atom stereocenters. The van der Waals surface area contributed by atoms with Crippen molar-refractivity contribution < 1.29 is 4.39 Å². The largest absolute Gasteiger partial charge is 0.283 e. The van der Waals surface area contributed by atoms with Crippen LogP contribution in [-0.2, 0) is 0 Å². The fraction of sp³-hybridized carbons (Fsp3) is 0.500. The molecule has 0 heterocycles. The summed E-state index contributed by atoms with van der Waals surface area (Å²) in [6.07, 6.45) is 5.98.